The first kappa shape index (κ1) is 11.4. The largest absolute Gasteiger partial charge is 0.342 e. The molecule has 0 aliphatic carbocycles. The summed E-state index contributed by atoms with van der Waals surface area (Å²) in [6.45, 7) is 2.18. The molecule has 0 amide bonds. The van der Waals surface area contributed by atoms with Crippen LogP contribution in [0.2, 0.25) is 0 Å². The van der Waals surface area contributed by atoms with Crippen LogP contribution >= 0.6 is 11.3 Å². The van der Waals surface area contributed by atoms with Gasteiger partial charge in [0, 0.05) is 5.38 Å². The number of H-pyrrole nitrogens is 1. The summed E-state index contributed by atoms with van der Waals surface area (Å²) in [7, 11) is 0. The fraction of sp³-hybridized carbons (Fsp3) is 0.286. The Bertz CT molecular complexity index is 621. The molecule has 0 bridgehead atoms. The third-order valence-electron chi connectivity index (χ3n) is 2.86. The van der Waals surface area contributed by atoms with Crippen molar-refractivity contribution in [1.82, 2.24) is 15.0 Å². The summed E-state index contributed by atoms with van der Waals surface area (Å²) in [6.07, 6.45) is 3.01. The zero-order valence-corrected chi connectivity index (χ0v) is 11.1. The quantitative estimate of drug-likeness (QED) is 0.776. The first-order chi connectivity index (χ1) is 8.85. The normalized spacial score (nSPS) is 11.2. The van der Waals surface area contributed by atoms with Gasteiger partial charge in [0.15, 0.2) is 0 Å². The molecule has 92 valence electrons. The molecule has 0 radical (unpaired) electrons. The van der Waals surface area contributed by atoms with Crippen molar-refractivity contribution in [3.05, 3.63) is 46.2 Å². The Morgan fingerprint density at radius 3 is 2.94 bits per heavy atom. The first-order valence-electron chi connectivity index (χ1n) is 6.22. The molecule has 0 atom stereocenters. The van der Waals surface area contributed by atoms with E-state index in [2.05, 4.69) is 33.3 Å². The van der Waals surface area contributed by atoms with Gasteiger partial charge in [0.05, 0.1) is 23.1 Å². The summed E-state index contributed by atoms with van der Waals surface area (Å²) < 4.78 is 0. The maximum absolute atomic E-state index is 4.62. The van der Waals surface area contributed by atoms with Crippen LogP contribution in [0.25, 0.3) is 11.0 Å². The van der Waals surface area contributed by atoms with Gasteiger partial charge < -0.3 is 4.98 Å². The molecule has 0 fully saturated rings. The lowest BCUT2D eigenvalue weighted by Crippen LogP contribution is -1.91. The molecule has 0 aliphatic heterocycles. The van der Waals surface area contributed by atoms with Crippen LogP contribution in [-0.2, 0) is 12.8 Å². The highest BCUT2D eigenvalue weighted by Crippen LogP contribution is 2.17. The molecule has 4 heteroatoms. The molecule has 3 rings (SSSR count). The lowest BCUT2D eigenvalue weighted by atomic mass is 10.3. The van der Waals surface area contributed by atoms with Gasteiger partial charge >= 0.3 is 0 Å². The Balaban J connectivity index is 1.82. The second-order valence-corrected chi connectivity index (χ2v) is 5.30. The molecule has 0 saturated heterocycles. The highest BCUT2D eigenvalue weighted by Gasteiger charge is 2.06. The van der Waals surface area contributed by atoms with E-state index in [1.54, 1.807) is 11.3 Å². The Hall–Kier alpha value is -1.68. The van der Waals surface area contributed by atoms with Gasteiger partial charge in [0.25, 0.3) is 0 Å². The van der Waals surface area contributed by atoms with Crippen molar-refractivity contribution in [3.63, 3.8) is 0 Å². The van der Waals surface area contributed by atoms with E-state index in [1.165, 1.54) is 5.69 Å². The van der Waals surface area contributed by atoms with Crippen LogP contribution in [0, 0.1) is 0 Å². The zero-order valence-electron chi connectivity index (χ0n) is 10.3. The number of aromatic amines is 1. The Labute approximate surface area is 110 Å². The molecule has 18 heavy (non-hydrogen) atoms. The fourth-order valence-electron chi connectivity index (χ4n) is 2.03. The lowest BCUT2D eigenvalue weighted by molar-refractivity contribution is 0.879. The maximum atomic E-state index is 4.62. The number of aromatic nitrogens is 3. The third kappa shape index (κ3) is 2.29. The molecule has 3 nitrogen and oxygen atoms in total. The number of hydrogen-bond acceptors (Lipinski definition) is 3. The van der Waals surface area contributed by atoms with Crippen LogP contribution in [0.3, 0.4) is 0 Å². The van der Waals surface area contributed by atoms with Gasteiger partial charge in [0.2, 0.25) is 0 Å². The van der Waals surface area contributed by atoms with Crippen molar-refractivity contribution in [3.8, 4) is 0 Å². The second kappa shape index (κ2) is 4.90. The highest BCUT2D eigenvalue weighted by molar-refractivity contribution is 7.09. The maximum Gasteiger partial charge on any atom is 0.114 e. The first-order valence-corrected chi connectivity index (χ1v) is 7.10. The van der Waals surface area contributed by atoms with Gasteiger partial charge in [-0.2, -0.15) is 0 Å². The van der Waals surface area contributed by atoms with Crippen LogP contribution in [0.15, 0.2) is 29.6 Å². The van der Waals surface area contributed by atoms with E-state index in [9.17, 15) is 0 Å². The molecular formula is C14H15N3S. The highest BCUT2D eigenvalue weighted by atomic mass is 32.1. The van der Waals surface area contributed by atoms with Crippen molar-refractivity contribution < 1.29 is 0 Å². The number of imidazole rings is 1. The zero-order chi connectivity index (χ0) is 12.4. The number of hydrogen-bond donors (Lipinski definition) is 1. The number of fused-ring (bicyclic) bond motifs is 1. The van der Waals surface area contributed by atoms with E-state index in [0.29, 0.717) is 0 Å². The second-order valence-electron chi connectivity index (χ2n) is 4.36. The molecule has 3 aromatic rings. The number of aryl methyl sites for hydroxylation is 1. The van der Waals surface area contributed by atoms with Crippen molar-refractivity contribution in [2.75, 3.05) is 0 Å². The minimum absolute atomic E-state index is 0.795. The van der Waals surface area contributed by atoms with Crippen LogP contribution < -0.4 is 0 Å². The van der Waals surface area contributed by atoms with E-state index < -0.39 is 0 Å². The van der Waals surface area contributed by atoms with Crippen molar-refractivity contribution in [2.24, 2.45) is 0 Å². The number of benzene rings is 1. The molecular weight excluding hydrogens is 242 g/mol. The SMILES string of the molecule is CCCc1csc(Cc2nc3ccccc3[nH]2)n1. The Morgan fingerprint density at radius 1 is 1.22 bits per heavy atom. The predicted molar refractivity (Wildman–Crippen MR) is 75.0 cm³/mol. The minimum Gasteiger partial charge on any atom is -0.342 e. The average Bonchev–Trinajstić information content (AvgIpc) is 2.96. The van der Waals surface area contributed by atoms with Crippen molar-refractivity contribution in [2.45, 2.75) is 26.2 Å². The number of thiazole rings is 1. The summed E-state index contributed by atoms with van der Waals surface area (Å²) in [4.78, 5) is 12.5. The van der Waals surface area contributed by atoms with Crippen molar-refractivity contribution >= 4 is 22.4 Å². The average molecular weight is 257 g/mol. The molecule has 1 aromatic carbocycles. The number of nitrogens with zero attached hydrogens (tertiary/aromatic N) is 2. The smallest absolute Gasteiger partial charge is 0.114 e. The van der Waals surface area contributed by atoms with E-state index in [0.717, 1.165) is 41.1 Å². The number of para-hydroxylation sites is 2. The van der Waals surface area contributed by atoms with Crippen LogP contribution in [0.4, 0.5) is 0 Å². The molecule has 2 aromatic heterocycles. The number of rotatable bonds is 4. The van der Waals surface area contributed by atoms with E-state index >= 15 is 0 Å². The summed E-state index contributed by atoms with van der Waals surface area (Å²) >= 11 is 1.72. The Morgan fingerprint density at radius 2 is 2.11 bits per heavy atom. The monoisotopic (exact) mass is 257 g/mol. The molecule has 0 spiro atoms. The van der Waals surface area contributed by atoms with Crippen LogP contribution in [0.5, 0.6) is 0 Å². The minimum atomic E-state index is 0.795. The van der Waals surface area contributed by atoms with Gasteiger partial charge in [-0.25, -0.2) is 9.97 Å². The van der Waals surface area contributed by atoms with Gasteiger partial charge in [0.1, 0.15) is 10.8 Å². The Kier molecular flexibility index (Phi) is 3.11. The van der Waals surface area contributed by atoms with Gasteiger partial charge in [-0.05, 0) is 18.6 Å². The number of nitrogens with one attached hydrogen (secondary N) is 1. The summed E-state index contributed by atoms with van der Waals surface area (Å²) in [6, 6.07) is 8.11. The standard InChI is InChI=1S/C14H15N3S/c1-2-5-10-9-18-14(15-10)8-13-16-11-6-3-4-7-12(11)17-13/h3-4,6-7,9H,2,5,8H2,1H3,(H,16,17). The summed E-state index contributed by atoms with van der Waals surface area (Å²) in [5, 5.41) is 3.29. The van der Waals surface area contributed by atoms with Gasteiger partial charge in [-0.15, -0.1) is 11.3 Å². The fourth-order valence-corrected chi connectivity index (χ4v) is 2.87. The van der Waals surface area contributed by atoms with Crippen LogP contribution in [0.1, 0.15) is 29.9 Å². The van der Waals surface area contributed by atoms with E-state index in [1.807, 2.05) is 18.2 Å². The van der Waals surface area contributed by atoms with Crippen molar-refractivity contribution in [1.29, 1.82) is 0 Å². The molecule has 1 N–H and O–H groups in total. The predicted octanol–water partition coefficient (Wildman–Crippen LogP) is 3.56. The topological polar surface area (TPSA) is 41.6 Å². The van der Waals surface area contributed by atoms with E-state index in [-0.39, 0.29) is 0 Å². The van der Waals surface area contributed by atoms with E-state index in [4.69, 9.17) is 0 Å². The molecule has 2 heterocycles. The van der Waals surface area contributed by atoms with Crippen LogP contribution in [-0.4, -0.2) is 15.0 Å². The van der Waals surface area contributed by atoms with Gasteiger partial charge in [-0.3, -0.25) is 0 Å². The van der Waals surface area contributed by atoms with Gasteiger partial charge in [-0.1, -0.05) is 25.5 Å². The lowest BCUT2D eigenvalue weighted by Gasteiger charge is -1.91. The molecule has 0 aliphatic rings. The third-order valence-corrected chi connectivity index (χ3v) is 3.76. The summed E-state index contributed by atoms with van der Waals surface area (Å²) in [5.41, 5.74) is 3.32. The summed E-state index contributed by atoms with van der Waals surface area (Å²) in [5.74, 6) is 0.994. The molecule has 0 saturated carbocycles. The molecule has 0 unspecified atom stereocenters.